The van der Waals surface area contributed by atoms with Gasteiger partial charge in [-0.3, -0.25) is 4.57 Å². The number of benzene rings is 1. The van der Waals surface area contributed by atoms with Gasteiger partial charge in [-0.05, 0) is 30.7 Å². The molecule has 2 aliphatic heterocycles. The van der Waals surface area contributed by atoms with Gasteiger partial charge < -0.3 is 14.5 Å². The lowest BCUT2D eigenvalue weighted by Gasteiger charge is -2.36. The minimum Gasteiger partial charge on any atom is -0.465 e. The van der Waals surface area contributed by atoms with E-state index in [0.717, 1.165) is 35.1 Å². The first-order valence-electron chi connectivity index (χ1n) is 9.22. The smallest absolute Gasteiger partial charge is 0.299 e. The predicted molar refractivity (Wildman–Crippen MR) is 105 cm³/mol. The van der Waals surface area contributed by atoms with Crippen LogP contribution in [0, 0.1) is 11.2 Å². The summed E-state index contributed by atoms with van der Waals surface area (Å²) in [5, 5.41) is 0. The zero-order chi connectivity index (χ0) is 19.3. The summed E-state index contributed by atoms with van der Waals surface area (Å²) in [6.45, 7) is 12.7. The van der Waals surface area contributed by atoms with Crippen molar-refractivity contribution in [2.75, 3.05) is 25.1 Å². The molecular formula is C21H25FN4O. The molecule has 0 amide bonds. The van der Waals surface area contributed by atoms with Crippen LogP contribution in [0.25, 0.3) is 5.70 Å². The largest absolute Gasteiger partial charge is 0.465 e. The lowest BCUT2D eigenvalue weighted by molar-refractivity contribution is 0.298. The van der Waals surface area contributed by atoms with Gasteiger partial charge in [0, 0.05) is 19.0 Å². The number of anilines is 1. The zero-order valence-electron chi connectivity index (χ0n) is 16.3. The molecule has 142 valence electrons. The molecule has 6 heteroatoms. The summed E-state index contributed by atoms with van der Waals surface area (Å²) in [6.07, 6.45) is 2.26. The SMILES string of the molecule is C=C1c2c(nc(OCC)n2Cc2ccc(F)cc2)N(C)C2=CC(C)(C)CN12. The first-order chi connectivity index (χ1) is 12.8. The average Bonchev–Trinajstić information content (AvgIpc) is 3.13. The van der Waals surface area contributed by atoms with Crippen LogP contribution in [0.1, 0.15) is 32.0 Å². The second-order valence-corrected chi connectivity index (χ2v) is 7.80. The highest BCUT2D eigenvalue weighted by Gasteiger charge is 2.40. The standard InChI is InChI=1S/C21H25FN4O/c1-6-27-20-23-19-18(25(20)12-15-7-9-16(22)10-8-15)14(2)26-13-21(3,4)11-17(26)24(19)5/h7-11H,2,6,12-13H2,1,3-5H3. The van der Waals surface area contributed by atoms with Crippen LogP contribution in [0.2, 0.25) is 0 Å². The number of hydrogen-bond donors (Lipinski definition) is 0. The minimum atomic E-state index is -0.241. The Kier molecular flexibility index (Phi) is 4.02. The molecule has 0 saturated carbocycles. The molecule has 0 unspecified atom stereocenters. The third-order valence-corrected chi connectivity index (χ3v) is 5.06. The summed E-state index contributed by atoms with van der Waals surface area (Å²) in [6, 6.07) is 7.09. The number of aromatic nitrogens is 2. The third kappa shape index (κ3) is 2.89. The number of halogens is 1. The molecule has 3 heterocycles. The van der Waals surface area contributed by atoms with Crippen molar-refractivity contribution in [1.82, 2.24) is 14.5 Å². The Morgan fingerprint density at radius 2 is 1.96 bits per heavy atom. The molecule has 4 rings (SSSR count). The molecule has 0 spiro atoms. The third-order valence-electron chi connectivity index (χ3n) is 5.06. The van der Waals surface area contributed by atoms with Crippen LogP contribution in [0.15, 0.2) is 42.7 Å². The summed E-state index contributed by atoms with van der Waals surface area (Å²) in [5.41, 5.74) is 2.91. The van der Waals surface area contributed by atoms with E-state index in [2.05, 4.69) is 36.3 Å². The van der Waals surface area contributed by atoms with Crippen molar-refractivity contribution in [2.24, 2.45) is 5.41 Å². The molecule has 27 heavy (non-hydrogen) atoms. The van der Waals surface area contributed by atoms with Crippen LogP contribution in [0.4, 0.5) is 10.2 Å². The first-order valence-corrected chi connectivity index (χ1v) is 9.22. The lowest BCUT2D eigenvalue weighted by atomic mass is 9.96. The topological polar surface area (TPSA) is 33.5 Å². The fraction of sp³-hybridized carbons (Fsp3) is 0.381. The molecule has 0 N–H and O–H groups in total. The van der Waals surface area contributed by atoms with Crippen molar-refractivity contribution in [3.05, 3.63) is 59.8 Å². The molecule has 2 aliphatic rings. The Morgan fingerprint density at radius 3 is 2.63 bits per heavy atom. The summed E-state index contributed by atoms with van der Waals surface area (Å²) < 4.78 is 21.1. The highest BCUT2D eigenvalue weighted by atomic mass is 19.1. The van der Waals surface area contributed by atoms with Crippen molar-refractivity contribution in [3.8, 4) is 6.01 Å². The van der Waals surface area contributed by atoms with Crippen LogP contribution in [-0.4, -0.2) is 34.7 Å². The second kappa shape index (κ2) is 6.15. The van der Waals surface area contributed by atoms with Gasteiger partial charge in [0.15, 0.2) is 5.82 Å². The molecule has 2 aromatic rings. The molecule has 0 saturated heterocycles. The van der Waals surface area contributed by atoms with Gasteiger partial charge >= 0.3 is 0 Å². The van der Waals surface area contributed by atoms with Crippen LogP contribution in [0.3, 0.4) is 0 Å². The number of imidazole rings is 1. The van der Waals surface area contributed by atoms with Gasteiger partial charge in [-0.2, -0.15) is 4.98 Å². The van der Waals surface area contributed by atoms with Crippen molar-refractivity contribution < 1.29 is 9.13 Å². The predicted octanol–water partition coefficient (Wildman–Crippen LogP) is 4.07. The van der Waals surface area contributed by atoms with E-state index in [1.54, 1.807) is 12.1 Å². The fourth-order valence-electron chi connectivity index (χ4n) is 3.81. The lowest BCUT2D eigenvalue weighted by Crippen LogP contribution is -2.36. The van der Waals surface area contributed by atoms with Crippen LogP contribution in [0.5, 0.6) is 6.01 Å². The molecule has 0 fully saturated rings. The van der Waals surface area contributed by atoms with Crippen molar-refractivity contribution in [3.63, 3.8) is 0 Å². The van der Waals surface area contributed by atoms with E-state index in [4.69, 9.17) is 9.72 Å². The Labute approximate surface area is 159 Å². The van der Waals surface area contributed by atoms with Gasteiger partial charge in [0.2, 0.25) is 0 Å². The van der Waals surface area contributed by atoms with E-state index in [0.29, 0.717) is 19.2 Å². The Bertz CT molecular complexity index is 926. The molecular weight excluding hydrogens is 343 g/mol. The second-order valence-electron chi connectivity index (χ2n) is 7.80. The maximum absolute atomic E-state index is 13.3. The van der Waals surface area contributed by atoms with E-state index in [9.17, 15) is 4.39 Å². The Morgan fingerprint density at radius 1 is 1.26 bits per heavy atom. The Balaban J connectivity index is 1.81. The first kappa shape index (κ1) is 17.6. The normalized spacial score (nSPS) is 17.7. The van der Waals surface area contributed by atoms with Gasteiger partial charge in [-0.25, -0.2) is 4.39 Å². The van der Waals surface area contributed by atoms with Crippen LogP contribution >= 0.6 is 0 Å². The van der Waals surface area contributed by atoms with Crippen LogP contribution in [-0.2, 0) is 6.54 Å². The molecule has 0 radical (unpaired) electrons. The zero-order valence-corrected chi connectivity index (χ0v) is 16.3. The van der Waals surface area contributed by atoms with Crippen molar-refractivity contribution >= 4 is 11.5 Å². The summed E-state index contributed by atoms with van der Waals surface area (Å²) >= 11 is 0. The maximum atomic E-state index is 13.3. The number of nitrogens with zero attached hydrogens (tertiary/aromatic N) is 4. The number of rotatable bonds is 4. The maximum Gasteiger partial charge on any atom is 0.299 e. The number of ether oxygens (including phenoxy) is 1. The Hall–Kier alpha value is -2.76. The van der Waals surface area contributed by atoms with Gasteiger partial charge in [0.05, 0.1) is 18.8 Å². The van der Waals surface area contributed by atoms with Gasteiger partial charge in [0.25, 0.3) is 6.01 Å². The van der Waals surface area contributed by atoms with Gasteiger partial charge in [0.1, 0.15) is 17.3 Å². The number of hydrogen-bond acceptors (Lipinski definition) is 4. The monoisotopic (exact) mass is 368 g/mol. The highest BCUT2D eigenvalue weighted by molar-refractivity contribution is 5.78. The van der Waals surface area contributed by atoms with Gasteiger partial charge in [-0.1, -0.05) is 32.6 Å². The molecule has 5 nitrogen and oxygen atoms in total. The molecule has 1 aromatic carbocycles. The van der Waals surface area contributed by atoms with E-state index < -0.39 is 0 Å². The molecule has 0 atom stereocenters. The molecule has 0 aliphatic carbocycles. The van der Waals surface area contributed by atoms with Gasteiger partial charge in [-0.15, -0.1) is 0 Å². The fourth-order valence-corrected chi connectivity index (χ4v) is 3.81. The van der Waals surface area contributed by atoms with E-state index in [1.807, 2.05) is 18.5 Å². The van der Waals surface area contributed by atoms with Crippen molar-refractivity contribution in [1.29, 1.82) is 0 Å². The summed E-state index contributed by atoms with van der Waals surface area (Å²) in [7, 11) is 2.02. The highest BCUT2D eigenvalue weighted by Crippen LogP contribution is 2.46. The van der Waals surface area contributed by atoms with E-state index >= 15 is 0 Å². The van der Waals surface area contributed by atoms with Crippen molar-refractivity contribution in [2.45, 2.75) is 27.3 Å². The summed E-state index contributed by atoms with van der Waals surface area (Å²) in [4.78, 5) is 9.09. The van der Waals surface area contributed by atoms with E-state index in [-0.39, 0.29) is 11.2 Å². The summed E-state index contributed by atoms with van der Waals surface area (Å²) in [5.74, 6) is 1.70. The minimum absolute atomic E-state index is 0.0700. The van der Waals surface area contributed by atoms with Crippen LogP contribution < -0.4 is 9.64 Å². The molecule has 0 bridgehead atoms. The number of fused-ring (bicyclic) bond motifs is 2. The molecule has 1 aromatic heterocycles. The van der Waals surface area contributed by atoms with E-state index in [1.165, 1.54) is 12.1 Å². The average molecular weight is 368 g/mol. The quantitative estimate of drug-likeness (QED) is 0.815.